The smallest absolute Gasteiger partial charge is 0.264 e. The van der Waals surface area contributed by atoms with Crippen molar-refractivity contribution in [2.45, 2.75) is 5.92 Å². The van der Waals surface area contributed by atoms with E-state index < -0.39 is 17.7 Å². The van der Waals surface area contributed by atoms with Crippen LogP contribution in [0.1, 0.15) is 11.5 Å². The summed E-state index contributed by atoms with van der Waals surface area (Å²) in [6.45, 7) is 0.0418. The average Bonchev–Trinajstić information content (AvgIpc) is 2.30. The minimum Gasteiger partial charge on any atom is -0.324 e. The van der Waals surface area contributed by atoms with Crippen LogP contribution in [0.4, 0.5) is 0 Å². The Morgan fingerprint density at radius 2 is 2.06 bits per heavy atom. The van der Waals surface area contributed by atoms with Crippen LogP contribution in [-0.2, 0) is 9.59 Å². The molecule has 2 amide bonds. The number of aliphatic imine (C=N–C) groups is 1. The zero-order valence-corrected chi connectivity index (χ0v) is 10.4. The zero-order chi connectivity index (χ0) is 12.4. The van der Waals surface area contributed by atoms with Gasteiger partial charge in [-0.1, -0.05) is 34.1 Å². The van der Waals surface area contributed by atoms with Gasteiger partial charge >= 0.3 is 0 Å². The van der Waals surface area contributed by atoms with Gasteiger partial charge in [0, 0.05) is 4.47 Å². The molecule has 88 valence electrons. The highest BCUT2D eigenvalue weighted by molar-refractivity contribution is 9.10. The molecule has 2 rings (SSSR count). The van der Waals surface area contributed by atoms with Crippen molar-refractivity contribution in [3.8, 4) is 0 Å². The Morgan fingerprint density at radius 3 is 2.65 bits per heavy atom. The molecule has 0 aromatic heterocycles. The third-order valence-electron chi connectivity index (χ3n) is 2.43. The lowest BCUT2D eigenvalue weighted by molar-refractivity contribution is -0.129. The van der Waals surface area contributed by atoms with Crippen LogP contribution in [0.2, 0.25) is 0 Å². The van der Waals surface area contributed by atoms with E-state index in [1.165, 1.54) is 0 Å². The lowest BCUT2D eigenvalue weighted by Crippen LogP contribution is -2.45. The predicted molar refractivity (Wildman–Crippen MR) is 66.5 cm³/mol. The van der Waals surface area contributed by atoms with Crippen molar-refractivity contribution in [2.24, 2.45) is 10.7 Å². The van der Waals surface area contributed by atoms with Crippen molar-refractivity contribution in [1.82, 2.24) is 5.32 Å². The van der Waals surface area contributed by atoms with Crippen LogP contribution in [0.5, 0.6) is 0 Å². The number of carbonyl (C=O) groups excluding carboxylic acids is 2. The first-order chi connectivity index (χ1) is 8.13. The Labute approximate surface area is 106 Å². The maximum absolute atomic E-state index is 11.8. The average molecular weight is 296 g/mol. The Bertz CT molecular complexity index is 513. The zero-order valence-electron chi connectivity index (χ0n) is 8.81. The number of rotatable bonds is 2. The van der Waals surface area contributed by atoms with Gasteiger partial charge in [0.15, 0.2) is 0 Å². The molecule has 0 spiro atoms. The fourth-order valence-electron chi connectivity index (χ4n) is 1.63. The molecule has 0 bridgehead atoms. The maximum atomic E-state index is 11.8. The third-order valence-corrected chi connectivity index (χ3v) is 3.15. The van der Waals surface area contributed by atoms with E-state index in [0.29, 0.717) is 10.0 Å². The van der Waals surface area contributed by atoms with Crippen molar-refractivity contribution in [3.05, 3.63) is 34.3 Å². The Hall–Kier alpha value is -1.53. The lowest BCUT2D eigenvalue weighted by atomic mass is 9.96. The van der Waals surface area contributed by atoms with Gasteiger partial charge in [0.05, 0.1) is 6.54 Å². The van der Waals surface area contributed by atoms with Crippen molar-refractivity contribution in [3.63, 3.8) is 0 Å². The third kappa shape index (κ3) is 2.27. The highest BCUT2D eigenvalue weighted by Crippen LogP contribution is 2.27. The topological polar surface area (TPSA) is 84.5 Å². The molecular weight excluding hydrogens is 286 g/mol. The van der Waals surface area contributed by atoms with Gasteiger partial charge in [0.25, 0.3) is 5.91 Å². The Balaban J connectivity index is 2.41. The number of nitrogens with zero attached hydrogens (tertiary/aromatic N) is 1. The molecule has 1 atom stereocenters. The number of nitrogens with two attached hydrogens (primary N) is 1. The van der Waals surface area contributed by atoms with E-state index in [4.69, 9.17) is 5.73 Å². The van der Waals surface area contributed by atoms with Crippen LogP contribution in [0.25, 0.3) is 0 Å². The normalized spacial score (nSPS) is 19.9. The standard InChI is InChI=1S/C11H10BrN3O2/c12-7-4-2-1-3-6(7)9-10(16)14-8(5-13)15-11(9)17/h1-4,9H,5,13H2,(H,14,15,16,17). The van der Waals surface area contributed by atoms with Crippen molar-refractivity contribution in [1.29, 1.82) is 0 Å². The number of hydrogen-bond acceptors (Lipinski definition) is 3. The molecule has 17 heavy (non-hydrogen) atoms. The molecule has 0 saturated heterocycles. The van der Waals surface area contributed by atoms with Gasteiger partial charge in [-0.15, -0.1) is 0 Å². The van der Waals surface area contributed by atoms with Crippen molar-refractivity contribution < 1.29 is 9.59 Å². The number of amides is 2. The van der Waals surface area contributed by atoms with Gasteiger partial charge in [-0.05, 0) is 11.6 Å². The number of hydrogen-bond donors (Lipinski definition) is 2. The van der Waals surface area contributed by atoms with E-state index in [1.807, 2.05) is 6.07 Å². The molecule has 0 aliphatic carbocycles. The quantitative estimate of drug-likeness (QED) is 0.781. The minimum atomic E-state index is -0.902. The van der Waals surface area contributed by atoms with Gasteiger partial charge in [0.2, 0.25) is 5.91 Å². The molecule has 6 heteroatoms. The largest absolute Gasteiger partial charge is 0.324 e. The number of amidine groups is 1. The van der Waals surface area contributed by atoms with Gasteiger partial charge in [-0.25, -0.2) is 0 Å². The van der Waals surface area contributed by atoms with Crippen LogP contribution in [0.3, 0.4) is 0 Å². The molecule has 1 aliphatic rings. The van der Waals surface area contributed by atoms with E-state index in [-0.39, 0.29) is 12.4 Å². The molecule has 1 aromatic carbocycles. The number of benzene rings is 1. The molecule has 3 N–H and O–H groups in total. The molecule has 1 heterocycles. The first-order valence-corrected chi connectivity index (χ1v) is 5.79. The van der Waals surface area contributed by atoms with Crippen molar-refractivity contribution >= 4 is 33.6 Å². The monoisotopic (exact) mass is 295 g/mol. The van der Waals surface area contributed by atoms with Gasteiger partial charge in [-0.2, -0.15) is 4.99 Å². The van der Waals surface area contributed by atoms with Crippen LogP contribution < -0.4 is 11.1 Å². The summed E-state index contributed by atoms with van der Waals surface area (Å²) in [6.07, 6.45) is 0. The first kappa shape index (κ1) is 11.9. The highest BCUT2D eigenvalue weighted by Gasteiger charge is 2.33. The Morgan fingerprint density at radius 1 is 1.35 bits per heavy atom. The summed E-state index contributed by atoms with van der Waals surface area (Å²) in [7, 11) is 0. The van der Waals surface area contributed by atoms with E-state index in [1.54, 1.807) is 18.2 Å². The van der Waals surface area contributed by atoms with Gasteiger partial charge < -0.3 is 11.1 Å². The molecule has 5 nitrogen and oxygen atoms in total. The lowest BCUT2D eigenvalue weighted by Gasteiger charge is -2.20. The van der Waals surface area contributed by atoms with E-state index in [0.717, 1.165) is 0 Å². The van der Waals surface area contributed by atoms with Crippen LogP contribution in [-0.4, -0.2) is 24.2 Å². The van der Waals surface area contributed by atoms with Crippen molar-refractivity contribution in [2.75, 3.05) is 6.54 Å². The van der Waals surface area contributed by atoms with E-state index >= 15 is 0 Å². The van der Waals surface area contributed by atoms with Crippen LogP contribution >= 0.6 is 15.9 Å². The fraction of sp³-hybridized carbons (Fsp3) is 0.182. The van der Waals surface area contributed by atoms with Gasteiger partial charge in [0.1, 0.15) is 11.8 Å². The summed E-state index contributed by atoms with van der Waals surface area (Å²) in [6, 6.07) is 7.07. The minimum absolute atomic E-state index is 0.0418. The Kier molecular flexibility index (Phi) is 3.35. The summed E-state index contributed by atoms with van der Waals surface area (Å²) < 4.78 is 0.708. The summed E-state index contributed by atoms with van der Waals surface area (Å²) >= 11 is 3.31. The summed E-state index contributed by atoms with van der Waals surface area (Å²) in [4.78, 5) is 27.4. The number of carbonyl (C=O) groups is 2. The second kappa shape index (κ2) is 4.77. The van der Waals surface area contributed by atoms with Crippen LogP contribution in [0.15, 0.2) is 33.7 Å². The molecule has 0 fully saturated rings. The second-order valence-electron chi connectivity index (χ2n) is 3.54. The fourth-order valence-corrected chi connectivity index (χ4v) is 2.15. The SMILES string of the molecule is NCC1=NC(=O)C(c2ccccc2Br)C(=O)N1. The van der Waals surface area contributed by atoms with Crippen LogP contribution in [0, 0.1) is 0 Å². The van der Waals surface area contributed by atoms with Gasteiger partial charge in [-0.3, -0.25) is 9.59 Å². The maximum Gasteiger partial charge on any atom is 0.264 e. The highest BCUT2D eigenvalue weighted by atomic mass is 79.9. The number of nitrogens with one attached hydrogen (secondary N) is 1. The molecular formula is C11H10BrN3O2. The molecule has 1 unspecified atom stereocenters. The second-order valence-corrected chi connectivity index (χ2v) is 4.40. The number of halogens is 1. The molecule has 0 saturated carbocycles. The predicted octanol–water partition coefficient (Wildman–Crippen LogP) is 0.546. The van der Waals surface area contributed by atoms with E-state index in [2.05, 4.69) is 26.2 Å². The first-order valence-electron chi connectivity index (χ1n) is 5.00. The summed E-state index contributed by atoms with van der Waals surface area (Å²) in [5.74, 6) is -1.57. The summed E-state index contributed by atoms with van der Waals surface area (Å²) in [5, 5.41) is 2.52. The molecule has 1 aromatic rings. The van der Waals surface area contributed by atoms with E-state index in [9.17, 15) is 9.59 Å². The molecule has 0 radical (unpaired) electrons. The molecule has 1 aliphatic heterocycles. The summed E-state index contributed by atoms with van der Waals surface area (Å²) in [5.41, 5.74) is 5.94.